The van der Waals surface area contributed by atoms with Gasteiger partial charge in [0, 0.05) is 12.8 Å². The molecule has 1 N–H and O–H groups in total. The number of fused-ring (bicyclic) bond motifs is 1. The topological polar surface area (TPSA) is 46.5 Å². The number of hydrogen-bond donors (Lipinski definition) is 1. The van der Waals surface area contributed by atoms with Crippen LogP contribution in [0, 0.1) is 11.3 Å². The van der Waals surface area contributed by atoms with Crippen LogP contribution in [-0.2, 0) is 9.53 Å². The molecule has 2 aliphatic carbocycles. The number of allylic oxidation sites excluding steroid dienone is 1. The summed E-state index contributed by atoms with van der Waals surface area (Å²) in [7, 11) is 0. The van der Waals surface area contributed by atoms with Gasteiger partial charge in [-0.25, -0.2) is 0 Å². The summed E-state index contributed by atoms with van der Waals surface area (Å²) in [6, 6.07) is 0. The van der Waals surface area contributed by atoms with E-state index >= 15 is 0 Å². The third kappa shape index (κ3) is 2.01. The third-order valence-corrected chi connectivity index (χ3v) is 4.58. The molecule has 0 aromatic carbocycles. The van der Waals surface area contributed by atoms with Crippen LogP contribution in [0.3, 0.4) is 0 Å². The van der Waals surface area contributed by atoms with Gasteiger partial charge in [0.15, 0.2) is 0 Å². The molecule has 2 fully saturated rings. The predicted octanol–water partition coefficient (Wildman–Crippen LogP) is 2.44. The Kier molecular flexibility index (Phi) is 3.30. The minimum Gasteiger partial charge on any atom is -0.462 e. The second-order valence-corrected chi connectivity index (χ2v) is 5.56. The van der Waals surface area contributed by atoms with E-state index in [-0.39, 0.29) is 29.5 Å². The molecule has 0 aromatic heterocycles. The maximum Gasteiger partial charge on any atom is 0.302 e. The number of aliphatic hydroxyl groups is 1. The molecule has 0 radical (unpaired) electrons. The summed E-state index contributed by atoms with van der Waals surface area (Å²) in [6.07, 6.45) is 5.49. The first-order valence-electron chi connectivity index (χ1n) is 6.51. The SMILES string of the molecule is CC=C1C(O)CC2C(OC(C)=O)CCCC12C. The van der Waals surface area contributed by atoms with Crippen molar-refractivity contribution in [3.63, 3.8) is 0 Å². The summed E-state index contributed by atoms with van der Waals surface area (Å²) in [5.41, 5.74) is 1.16. The van der Waals surface area contributed by atoms with Gasteiger partial charge in [-0.05, 0) is 43.6 Å². The van der Waals surface area contributed by atoms with Crippen molar-refractivity contribution in [2.24, 2.45) is 11.3 Å². The highest BCUT2D eigenvalue weighted by Gasteiger charge is 2.52. The number of esters is 1. The molecule has 0 saturated heterocycles. The van der Waals surface area contributed by atoms with E-state index in [1.54, 1.807) is 0 Å². The van der Waals surface area contributed by atoms with E-state index < -0.39 is 0 Å². The van der Waals surface area contributed by atoms with Gasteiger partial charge >= 0.3 is 5.97 Å². The molecule has 3 nitrogen and oxygen atoms in total. The van der Waals surface area contributed by atoms with Crippen molar-refractivity contribution in [2.75, 3.05) is 0 Å². The lowest BCUT2D eigenvalue weighted by atomic mass is 9.66. The van der Waals surface area contributed by atoms with Gasteiger partial charge in [-0.1, -0.05) is 13.0 Å². The molecule has 96 valence electrons. The molecule has 0 aromatic rings. The first kappa shape index (κ1) is 12.6. The quantitative estimate of drug-likeness (QED) is 0.564. The van der Waals surface area contributed by atoms with Crippen LogP contribution >= 0.6 is 0 Å². The van der Waals surface area contributed by atoms with Gasteiger partial charge in [0.05, 0.1) is 6.10 Å². The molecule has 0 heterocycles. The van der Waals surface area contributed by atoms with Gasteiger partial charge in [-0.3, -0.25) is 4.79 Å². The number of rotatable bonds is 1. The molecule has 4 unspecified atom stereocenters. The highest BCUT2D eigenvalue weighted by atomic mass is 16.5. The Balaban J connectivity index is 2.26. The first-order chi connectivity index (χ1) is 7.99. The van der Waals surface area contributed by atoms with Crippen molar-refractivity contribution in [3.05, 3.63) is 11.6 Å². The molecular formula is C14H22O3. The van der Waals surface area contributed by atoms with Crippen molar-refractivity contribution in [3.8, 4) is 0 Å². The van der Waals surface area contributed by atoms with Gasteiger partial charge in [-0.15, -0.1) is 0 Å². The second kappa shape index (κ2) is 4.45. The Bertz CT molecular complexity index is 347. The number of ether oxygens (including phenoxy) is 1. The van der Waals surface area contributed by atoms with Gasteiger partial charge in [0.1, 0.15) is 6.10 Å². The van der Waals surface area contributed by atoms with Gasteiger partial charge in [0.2, 0.25) is 0 Å². The Hall–Kier alpha value is -0.830. The molecule has 3 heteroatoms. The van der Waals surface area contributed by atoms with Crippen LogP contribution in [0.4, 0.5) is 0 Å². The van der Waals surface area contributed by atoms with Gasteiger partial charge in [-0.2, -0.15) is 0 Å². The number of carbonyl (C=O) groups excluding carboxylic acids is 1. The number of hydrogen-bond acceptors (Lipinski definition) is 3. The van der Waals surface area contributed by atoms with Crippen molar-refractivity contribution in [2.45, 2.75) is 58.7 Å². The molecule has 2 saturated carbocycles. The van der Waals surface area contributed by atoms with Gasteiger partial charge in [0.25, 0.3) is 0 Å². The van der Waals surface area contributed by atoms with E-state index in [0.29, 0.717) is 0 Å². The van der Waals surface area contributed by atoms with Crippen LogP contribution in [-0.4, -0.2) is 23.3 Å². The van der Waals surface area contributed by atoms with Crippen LogP contribution in [0.25, 0.3) is 0 Å². The van der Waals surface area contributed by atoms with E-state index in [9.17, 15) is 9.90 Å². The molecule has 4 atom stereocenters. The normalized spacial score (nSPS) is 43.5. The zero-order valence-corrected chi connectivity index (χ0v) is 10.9. The Morgan fingerprint density at radius 3 is 2.88 bits per heavy atom. The monoisotopic (exact) mass is 238 g/mol. The van der Waals surface area contributed by atoms with E-state index in [0.717, 1.165) is 31.3 Å². The fraction of sp³-hybridized carbons (Fsp3) is 0.786. The first-order valence-corrected chi connectivity index (χ1v) is 6.51. The molecule has 0 bridgehead atoms. The van der Waals surface area contributed by atoms with Gasteiger partial charge < -0.3 is 9.84 Å². The van der Waals surface area contributed by atoms with Crippen molar-refractivity contribution in [1.82, 2.24) is 0 Å². The van der Waals surface area contributed by atoms with E-state index in [2.05, 4.69) is 6.92 Å². The number of aliphatic hydroxyl groups excluding tert-OH is 1. The Labute approximate surface area is 103 Å². The van der Waals surface area contributed by atoms with Crippen LogP contribution in [0.1, 0.15) is 46.5 Å². The summed E-state index contributed by atoms with van der Waals surface area (Å²) in [5, 5.41) is 10.1. The zero-order chi connectivity index (χ0) is 12.6. The average Bonchev–Trinajstić information content (AvgIpc) is 2.49. The van der Waals surface area contributed by atoms with E-state index in [1.807, 2.05) is 13.0 Å². The third-order valence-electron chi connectivity index (χ3n) is 4.58. The maximum absolute atomic E-state index is 11.1. The average molecular weight is 238 g/mol. The summed E-state index contributed by atoms with van der Waals surface area (Å²) in [5.74, 6) is 0.0732. The maximum atomic E-state index is 11.1. The minimum absolute atomic E-state index is 0.0154. The minimum atomic E-state index is -0.355. The van der Waals surface area contributed by atoms with Crippen LogP contribution in [0.2, 0.25) is 0 Å². The van der Waals surface area contributed by atoms with E-state index in [1.165, 1.54) is 6.92 Å². The van der Waals surface area contributed by atoms with Crippen molar-refractivity contribution in [1.29, 1.82) is 0 Å². The zero-order valence-electron chi connectivity index (χ0n) is 10.9. The summed E-state index contributed by atoms with van der Waals surface area (Å²) in [6.45, 7) is 5.66. The lowest BCUT2D eigenvalue weighted by molar-refractivity contribution is -0.153. The number of carbonyl (C=O) groups is 1. The second-order valence-electron chi connectivity index (χ2n) is 5.56. The summed E-state index contributed by atoms with van der Waals surface area (Å²) >= 11 is 0. The van der Waals surface area contributed by atoms with E-state index in [4.69, 9.17) is 4.74 Å². The van der Waals surface area contributed by atoms with Crippen molar-refractivity contribution >= 4 is 5.97 Å². The van der Waals surface area contributed by atoms with Crippen LogP contribution in [0.15, 0.2) is 11.6 Å². The highest BCUT2D eigenvalue weighted by molar-refractivity contribution is 5.66. The fourth-order valence-corrected chi connectivity index (χ4v) is 3.86. The Morgan fingerprint density at radius 2 is 2.29 bits per heavy atom. The molecule has 17 heavy (non-hydrogen) atoms. The summed E-state index contributed by atoms with van der Waals surface area (Å²) < 4.78 is 5.43. The largest absolute Gasteiger partial charge is 0.462 e. The van der Waals surface area contributed by atoms with Crippen LogP contribution < -0.4 is 0 Å². The molecule has 2 rings (SSSR count). The van der Waals surface area contributed by atoms with Crippen LogP contribution in [0.5, 0.6) is 0 Å². The lowest BCUT2D eigenvalue weighted by Crippen LogP contribution is -2.39. The lowest BCUT2D eigenvalue weighted by Gasteiger charge is -2.41. The molecule has 0 spiro atoms. The fourth-order valence-electron chi connectivity index (χ4n) is 3.86. The Morgan fingerprint density at radius 1 is 1.59 bits per heavy atom. The summed E-state index contributed by atoms with van der Waals surface area (Å²) in [4.78, 5) is 11.1. The predicted molar refractivity (Wildman–Crippen MR) is 65.4 cm³/mol. The van der Waals surface area contributed by atoms with Crippen molar-refractivity contribution < 1.29 is 14.6 Å². The molecule has 0 amide bonds. The standard InChI is InChI=1S/C14H22O3/c1-4-10-12(16)8-11-13(17-9(2)15)6-5-7-14(10,11)3/h4,11-13,16H,5-8H2,1-3H3. The molecular weight excluding hydrogens is 216 g/mol. The smallest absolute Gasteiger partial charge is 0.302 e. The molecule has 2 aliphatic rings. The highest BCUT2D eigenvalue weighted by Crippen LogP contribution is 2.55. The molecule has 0 aliphatic heterocycles.